The lowest BCUT2D eigenvalue weighted by Gasteiger charge is -2.40. The summed E-state index contributed by atoms with van der Waals surface area (Å²) in [7, 11) is -7.06. The first-order valence-corrected chi connectivity index (χ1v) is 10.9. The summed E-state index contributed by atoms with van der Waals surface area (Å²) >= 11 is 0. The Hall–Kier alpha value is -1.16. The number of morpholine rings is 1. The minimum absolute atomic E-state index is 0.0228. The first kappa shape index (κ1) is 19.2. The first-order valence-electron chi connectivity index (χ1n) is 7.80. The van der Waals surface area contributed by atoms with Gasteiger partial charge < -0.3 is 4.74 Å². The highest BCUT2D eigenvalue weighted by molar-refractivity contribution is 7.92. The second-order valence-electron chi connectivity index (χ2n) is 6.39. The van der Waals surface area contributed by atoms with Crippen molar-refractivity contribution in [2.24, 2.45) is 0 Å². The van der Waals surface area contributed by atoms with Crippen molar-refractivity contribution in [3.05, 3.63) is 24.3 Å². The maximum Gasteiger partial charge on any atom is 0.243 e. The normalized spacial score (nSPS) is 19.1. The number of hydrogen-bond acceptors (Lipinski definition) is 5. The van der Waals surface area contributed by atoms with Crippen molar-refractivity contribution in [3.63, 3.8) is 0 Å². The highest BCUT2D eigenvalue weighted by atomic mass is 32.2. The fraction of sp³-hybridized carbons (Fsp3) is 0.600. The SMILES string of the molecule is CCCS(=O)(=O)Nc1ccc(S(=O)(=O)N2CCOCC2(C)C)cc1. The van der Waals surface area contributed by atoms with Crippen LogP contribution in [0.4, 0.5) is 5.69 Å². The van der Waals surface area contributed by atoms with Crippen molar-refractivity contribution in [2.75, 3.05) is 30.2 Å². The predicted molar refractivity (Wildman–Crippen MR) is 92.9 cm³/mol. The standard InChI is InChI=1S/C15H24N2O5S2/c1-4-11-23(18,19)16-13-5-7-14(8-6-13)24(20,21)17-9-10-22-12-15(17,2)3/h5-8,16H,4,9-12H2,1-3H3. The highest BCUT2D eigenvalue weighted by Crippen LogP contribution is 2.28. The Morgan fingerprint density at radius 1 is 1.17 bits per heavy atom. The first-order chi connectivity index (χ1) is 11.1. The third kappa shape index (κ3) is 4.27. The van der Waals surface area contributed by atoms with E-state index in [0.29, 0.717) is 31.9 Å². The molecular formula is C15H24N2O5S2. The van der Waals surface area contributed by atoms with Crippen molar-refractivity contribution in [2.45, 2.75) is 37.6 Å². The number of nitrogens with zero attached hydrogens (tertiary/aromatic N) is 1. The lowest BCUT2D eigenvalue weighted by molar-refractivity contribution is -0.00770. The molecule has 0 amide bonds. The summed E-state index contributed by atoms with van der Waals surface area (Å²) in [5.41, 5.74) is -0.276. The molecule has 0 unspecified atom stereocenters. The van der Waals surface area contributed by atoms with Gasteiger partial charge in [0, 0.05) is 12.2 Å². The van der Waals surface area contributed by atoms with Crippen LogP contribution in [0.2, 0.25) is 0 Å². The number of ether oxygens (including phenoxy) is 1. The lowest BCUT2D eigenvalue weighted by Crippen LogP contribution is -2.55. The number of sulfonamides is 2. The van der Waals surface area contributed by atoms with Crippen LogP contribution in [0.1, 0.15) is 27.2 Å². The summed E-state index contributed by atoms with van der Waals surface area (Å²) in [5, 5.41) is 0. The van der Waals surface area contributed by atoms with Crippen LogP contribution >= 0.6 is 0 Å². The van der Waals surface area contributed by atoms with Gasteiger partial charge in [-0.25, -0.2) is 16.8 Å². The van der Waals surface area contributed by atoms with Gasteiger partial charge in [-0.15, -0.1) is 0 Å². The highest BCUT2D eigenvalue weighted by Gasteiger charge is 2.39. The summed E-state index contributed by atoms with van der Waals surface area (Å²) in [5.74, 6) is 0.0228. The molecule has 0 aliphatic carbocycles. The Morgan fingerprint density at radius 2 is 1.79 bits per heavy atom. The smallest absolute Gasteiger partial charge is 0.243 e. The molecule has 0 aromatic heterocycles. The maximum atomic E-state index is 12.8. The van der Waals surface area contributed by atoms with Crippen molar-refractivity contribution in [1.29, 1.82) is 0 Å². The Morgan fingerprint density at radius 3 is 2.33 bits per heavy atom. The molecule has 1 aliphatic rings. The molecule has 1 aliphatic heterocycles. The molecule has 24 heavy (non-hydrogen) atoms. The van der Waals surface area contributed by atoms with Crippen LogP contribution in [-0.2, 0) is 24.8 Å². The van der Waals surface area contributed by atoms with E-state index in [0.717, 1.165) is 0 Å². The van der Waals surface area contributed by atoms with Gasteiger partial charge in [-0.2, -0.15) is 4.31 Å². The van der Waals surface area contributed by atoms with E-state index in [2.05, 4.69) is 4.72 Å². The second-order valence-corrected chi connectivity index (χ2v) is 10.1. The molecule has 1 aromatic rings. The van der Waals surface area contributed by atoms with Crippen LogP contribution in [0, 0.1) is 0 Å². The summed E-state index contributed by atoms with van der Waals surface area (Å²) in [6.45, 7) is 6.39. The quantitative estimate of drug-likeness (QED) is 0.815. The van der Waals surface area contributed by atoms with E-state index in [9.17, 15) is 16.8 Å². The molecular weight excluding hydrogens is 352 g/mol. The fourth-order valence-corrected chi connectivity index (χ4v) is 5.50. The van der Waals surface area contributed by atoms with Gasteiger partial charge in [-0.05, 0) is 44.5 Å². The van der Waals surface area contributed by atoms with Crippen molar-refractivity contribution >= 4 is 25.7 Å². The number of nitrogens with one attached hydrogen (secondary N) is 1. The molecule has 0 radical (unpaired) electrons. The summed E-state index contributed by atoms with van der Waals surface area (Å²) in [4.78, 5) is 0.135. The maximum absolute atomic E-state index is 12.8. The monoisotopic (exact) mass is 376 g/mol. The van der Waals surface area contributed by atoms with E-state index >= 15 is 0 Å². The second kappa shape index (κ2) is 6.99. The molecule has 1 saturated heterocycles. The van der Waals surface area contributed by atoms with E-state index in [1.807, 2.05) is 13.8 Å². The topological polar surface area (TPSA) is 92.8 Å². The van der Waals surface area contributed by atoms with Gasteiger partial charge in [0.15, 0.2) is 0 Å². The Balaban J connectivity index is 2.23. The zero-order chi connectivity index (χ0) is 18.0. The van der Waals surface area contributed by atoms with Crippen molar-refractivity contribution in [1.82, 2.24) is 4.31 Å². The van der Waals surface area contributed by atoms with Crippen molar-refractivity contribution < 1.29 is 21.6 Å². The molecule has 7 nitrogen and oxygen atoms in total. The molecule has 1 heterocycles. The van der Waals surface area contributed by atoms with Crippen LogP contribution in [0.15, 0.2) is 29.2 Å². The number of anilines is 1. The van der Waals surface area contributed by atoms with Crippen LogP contribution in [0.5, 0.6) is 0 Å². The number of rotatable bonds is 6. The lowest BCUT2D eigenvalue weighted by atomic mass is 10.1. The summed E-state index contributed by atoms with van der Waals surface area (Å²) in [6, 6.07) is 5.77. The van der Waals surface area contributed by atoms with Gasteiger partial charge in [0.05, 0.1) is 29.4 Å². The zero-order valence-corrected chi connectivity index (χ0v) is 15.8. The molecule has 1 fully saturated rings. The molecule has 9 heteroatoms. The minimum atomic E-state index is -3.66. The molecule has 1 N–H and O–H groups in total. The zero-order valence-electron chi connectivity index (χ0n) is 14.1. The third-order valence-corrected chi connectivity index (χ3v) is 7.38. The van der Waals surface area contributed by atoms with E-state index in [-0.39, 0.29) is 10.6 Å². The van der Waals surface area contributed by atoms with E-state index < -0.39 is 25.6 Å². The van der Waals surface area contributed by atoms with Crippen LogP contribution in [0.25, 0.3) is 0 Å². The molecule has 0 spiro atoms. The van der Waals surface area contributed by atoms with E-state index in [1.165, 1.54) is 28.6 Å². The molecule has 0 atom stereocenters. The number of hydrogen-bond donors (Lipinski definition) is 1. The van der Waals surface area contributed by atoms with Crippen molar-refractivity contribution in [3.8, 4) is 0 Å². The van der Waals surface area contributed by atoms with Crippen LogP contribution in [0.3, 0.4) is 0 Å². The van der Waals surface area contributed by atoms with Gasteiger partial charge >= 0.3 is 0 Å². The molecule has 2 rings (SSSR count). The molecule has 136 valence electrons. The van der Waals surface area contributed by atoms with Gasteiger partial charge in [-0.1, -0.05) is 6.92 Å². The molecule has 1 aromatic carbocycles. The van der Waals surface area contributed by atoms with Gasteiger partial charge in [0.1, 0.15) is 0 Å². The molecule has 0 saturated carbocycles. The van der Waals surface area contributed by atoms with Crippen LogP contribution in [-0.4, -0.2) is 52.2 Å². The fourth-order valence-electron chi connectivity index (χ4n) is 2.61. The Labute approximate surface area is 144 Å². The average molecular weight is 377 g/mol. The minimum Gasteiger partial charge on any atom is -0.378 e. The van der Waals surface area contributed by atoms with Gasteiger partial charge in [0.25, 0.3) is 0 Å². The molecule has 0 bridgehead atoms. The summed E-state index contributed by atoms with van der Waals surface area (Å²) < 4.78 is 58.4. The number of benzene rings is 1. The van der Waals surface area contributed by atoms with Crippen LogP contribution < -0.4 is 4.72 Å². The summed E-state index contributed by atoms with van der Waals surface area (Å²) in [6.07, 6.45) is 0.508. The van der Waals surface area contributed by atoms with E-state index in [4.69, 9.17) is 4.74 Å². The third-order valence-electron chi connectivity index (χ3n) is 3.76. The largest absolute Gasteiger partial charge is 0.378 e. The van der Waals surface area contributed by atoms with E-state index in [1.54, 1.807) is 6.92 Å². The van der Waals surface area contributed by atoms with Gasteiger partial charge in [0.2, 0.25) is 20.0 Å². The average Bonchev–Trinajstić information content (AvgIpc) is 2.46. The Kier molecular flexibility index (Phi) is 5.58. The predicted octanol–water partition coefficient (Wildman–Crippen LogP) is 1.64. The van der Waals surface area contributed by atoms with Gasteiger partial charge in [-0.3, -0.25) is 4.72 Å². The Bertz CT molecular complexity index is 771.